The summed E-state index contributed by atoms with van der Waals surface area (Å²) in [5, 5.41) is 16.1. The molecule has 0 spiro atoms. The molecule has 0 aliphatic heterocycles. The van der Waals surface area contributed by atoms with Crippen molar-refractivity contribution < 1.29 is 64.8 Å². The molecule has 9 N–H and O–H groups in total. The minimum atomic E-state index is -5.38. The molecule has 9 aromatic carbocycles. The van der Waals surface area contributed by atoms with E-state index in [4.69, 9.17) is 20.4 Å². The third-order valence-corrected chi connectivity index (χ3v) is 21.8. The first-order valence-electron chi connectivity index (χ1n) is 30.0. The van der Waals surface area contributed by atoms with Crippen LogP contribution in [0.15, 0.2) is 220 Å². The molecule has 15 rings (SSSR count). The summed E-state index contributed by atoms with van der Waals surface area (Å²) in [7, 11) is -17.0. The normalized spacial score (nSPS) is 18.6. The molecule has 6 unspecified atom stereocenters. The number of sulfonamides is 3. The number of benzene rings is 9. The van der Waals surface area contributed by atoms with Crippen molar-refractivity contribution in [1.29, 1.82) is 0 Å². The van der Waals surface area contributed by atoms with E-state index in [1.54, 1.807) is 84.9 Å². The molecule has 6 atom stereocenters. The second-order valence-corrected chi connectivity index (χ2v) is 30.6. The number of hydrogen-bond donors (Lipinski definition) is 6. The van der Waals surface area contributed by atoms with Crippen molar-refractivity contribution in [2.45, 2.75) is 93.1 Å². The van der Waals surface area contributed by atoms with Crippen LogP contribution in [0.1, 0.15) is 94.5 Å². The highest BCUT2D eigenvalue weighted by molar-refractivity contribution is 7.92. The molecule has 18 nitrogen and oxygen atoms in total. The van der Waals surface area contributed by atoms with Gasteiger partial charge in [0.15, 0.2) is 0 Å². The highest BCUT2D eigenvalue weighted by atomic mass is 32.2. The minimum Gasteiger partial charge on any atom is -0.406 e. The van der Waals surface area contributed by atoms with E-state index in [0.717, 1.165) is 75.4 Å². The summed E-state index contributed by atoms with van der Waals surface area (Å²) < 4.78 is 174. The predicted octanol–water partition coefficient (Wildman–Crippen LogP) is 13.9. The molecule has 28 heteroatoms. The van der Waals surface area contributed by atoms with Gasteiger partial charge in [0, 0.05) is 34.4 Å². The number of fused-ring (bicyclic) bond motifs is 3. The second kappa shape index (κ2) is 24.8. The lowest BCUT2D eigenvalue weighted by atomic mass is 10.1. The highest BCUT2D eigenvalue weighted by Gasteiger charge is 2.48. The number of H-pyrrole nitrogens is 3. The smallest absolute Gasteiger partial charge is 0.406 e. The van der Waals surface area contributed by atoms with E-state index in [9.17, 15) is 60.0 Å². The summed E-state index contributed by atoms with van der Waals surface area (Å²) in [6, 6.07) is 55.5. The molecule has 3 fully saturated rings. The summed E-state index contributed by atoms with van der Waals surface area (Å²) in [5.74, 6) is 3.34. The maximum Gasteiger partial charge on any atom is 0.573 e. The van der Waals surface area contributed by atoms with Gasteiger partial charge in [-0.2, -0.15) is 13.2 Å². The van der Waals surface area contributed by atoms with E-state index in [-0.39, 0.29) is 44.1 Å². The fraction of sp³-hybridized carbons (Fsp3) is 0.174. The van der Waals surface area contributed by atoms with Crippen LogP contribution < -0.4 is 20.2 Å². The van der Waals surface area contributed by atoms with E-state index < -0.39 is 56.7 Å². The van der Waals surface area contributed by atoms with Gasteiger partial charge >= 0.3 is 11.9 Å². The molecule has 12 aromatic rings. The van der Waals surface area contributed by atoms with Gasteiger partial charge in [-0.1, -0.05) is 127 Å². The molecular weight excluding hydrogens is 1340 g/mol. The number of aromatic amines is 3. The number of alkyl halides is 6. The lowest BCUT2D eigenvalue weighted by molar-refractivity contribution is -0.274. The van der Waals surface area contributed by atoms with Crippen molar-refractivity contribution >= 4 is 73.0 Å². The first-order chi connectivity index (χ1) is 45.8. The fourth-order valence-corrected chi connectivity index (χ4v) is 15.4. The number of nitrogens with two attached hydrogens (primary N) is 3. The van der Waals surface area contributed by atoms with Gasteiger partial charge < -0.3 is 19.7 Å². The summed E-state index contributed by atoms with van der Waals surface area (Å²) in [6.45, 7) is 2.10. The number of halogens is 6. The Balaban J connectivity index is 0.000000132. The van der Waals surface area contributed by atoms with Crippen LogP contribution in [0.2, 0.25) is 0 Å². The molecule has 97 heavy (non-hydrogen) atoms. The van der Waals surface area contributed by atoms with Crippen molar-refractivity contribution in [2.75, 3.05) is 0 Å². The maximum absolute atomic E-state index is 12.8. The van der Waals surface area contributed by atoms with Gasteiger partial charge in [0.2, 0.25) is 30.1 Å². The lowest BCUT2D eigenvalue weighted by Crippen LogP contribution is -2.23. The number of aromatic nitrogens is 6. The molecule has 3 aromatic heterocycles. The highest BCUT2D eigenvalue weighted by Crippen LogP contribution is 2.56. The molecule has 498 valence electrons. The van der Waals surface area contributed by atoms with Crippen molar-refractivity contribution in [3.8, 4) is 39.1 Å². The number of nitrogens with one attached hydrogen (secondary N) is 3. The monoisotopic (exact) mass is 1400 g/mol. The quantitative estimate of drug-likeness (QED) is 0.0554. The fourth-order valence-electron chi connectivity index (χ4n) is 12.3. The van der Waals surface area contributed by atoms with Gasteiger partial charge in [0.05, 0.1) is 52.7 Å². The van der Waals surface area contributed by atoms with Crippen molar-refractivity contribution in [3.63, 3.8) is 0 Å². The first-order valence-corrected chi connectivity index (χ1v) is 36.2. The van der Waals surface area contributed by atoms with Gasteiger partial charge in [-0.3, -0.25) is 0 Å². The number of rotatable bonds is 14. The van der Waals surface area contributed by atoms with Crippen LogP contribution in [-0.2, 0) is 39.9 Å². The van der Waals surface area contributed by atoms with Crippen LogP contribution in [-0.4, -0.2) is 75.4 Å². The SMILES string of the molecule is Cc1ccc(C2CC2c2nc3ccc(-c4ccccc4S(N)(=O)=O)cc3[nH]2)cc1.NS(=O)(=O)c1ccccc1-c1ccc2nc(C3CC3c3ccc(OC(F)(F)F)cc3)[nH]c2c1.NS(=O)(=O)c1ccccc1-c1ccc2nc(C3CC3c3ccc(S(=O)(=O)C(F)(F)F)cc3)[nH]c2c1. The maximum atomic E-state index is 12.8. The Kier molecular flexibility index (Phi) is 16.9. The van der Waals surface area contributed by atoms with Crippen molar-refractivity contribution in [2.24, 2.45) is 15.4 Å². The molecule has 3 saturated carbocycles. The number of nitrogens with zero attached hydrogens (tertiary/aromatic N) is 3. The van der Waals surface area contributed by atoms with Crippen molar-refractivity contribution in [1.82, 2.24) is 29.9 Å². The molecule has 3 aliphatic carbocycles. The zero-order chi connectivity index (χ0) is 68.7. The average Bonchev–Trinajstić information content (AvgIpc) is 1.54. The number of hydrogen-bond acceptors (Lipinski definition) is 12. The molecule has 0 radical (unpaired) electrons. The Bertz CT molecular complexity index is 5520. The largest absolute Gasteiger partial charge is 0.573 e. The number of ether oxygens (including phenoxy) is 1. The Hall–Kier alpha value is -9.55. The van der Waals surface area contributed by atoms with E-state index in [1.807, 2.05) is 36.4 Å². The van der Waals surface area contributed by atoms with Gasteiger partial charge in [-0.15, -0.1) is 13.2 Å². The molecule has 0 saturated heterocycles. The topological polar surface area (TPSA) is 310 Å². The van der Waals surface area contributed by atoms with E-state index in [2.05, 4.69) is 60.8 Å². The van der Waals surface area contributed by atoms with Gasteiger partial charge in [0.1, 0.15) is 23.2 Å². The Morgan fingerprint density at radius 1 is 0.402 bits per heavy atom. The lowest BCUT2D eigenvalue weighted by Gasteiger charge is -2.09. The van der Waals surface area contributed by atoms with Crippen molar-refractivity contribution in [3.05, 3.63) is 240 Å². The average molecular weight is 1400 g/mol. The zero-order valence-corrected chi connectivity index (χ0v) is 54.1. The molecule has 0 amide bonds. The van der Waals surface area contributed by atoms with Gasteiger partial charge in [-0.25, -0.2) is 64.0 Å². The van der Waals surface area contributed by atoms with Crippen LogP contribution in [0.5, 0.6) is 5.75 Å². The zero-order valence-electron chi connectivity index (χ0n) is 50.8. The van der Waals surface area contributed by atoms with Crippen LogP contribution in [0.25, 0.3) is 66.5 Å². The molecular formula is C69H57F6N9O9S4. The molecule has 3 heterocycles. The Morgan fingerprint density at radius 2 is 0.711 bits per heavy atom. The van der Waals surface area contributed by atoms with Crippen LogP contribution in [0, 0.1) is 6.92 Å². The Labute approximate surface area is 552 Å². The molecule has 3 aliphatic rings. The first kappa shape index (κ1) is 66.1. The number of imidazole rings is 3. The predicted molar refractivity (Wildman–Crippen MR) is 353 cm³/mol. The van der Waals surface area contributed by atoms with Crippen LogP contribution >= 0.6 is 0 Å². The van der Waals surface area contributed by atoms with E-state index >= 15 is 0 Å². The Morgan fingerprint density at radius 3 is 1.02 bits per heavy atom. The summed E-state index contributed by atoms with van der Waals surface area (Å²) in [5.41, 5.74) is 7.24. The third kappa shape index (κ3) is 14.2. The van der Waals surface area contributed by atoms with Crippen LogP contribution in [0.4, 0.5) is 26.3 Å². The van der Waals surface area contributed by atoms with Crippen LogP contribution in [0.3, 0.4) is 0 Å². The van der Waals surface area contributed by atoms with Gasteiger partial charge in [-0.05, 0) is 156 Å². The third-order valence-electron chi connectivity index (χ3n) is 17.4. The van der Waals surface area contributed by atoms with E-state index in [0.29, 0.717) is 62.9 Å². The number of sulfone groups is 1. The summed E-state index contributed by atoms with van der Waals surface area (Å²) in [4.78, 5) is 23.4. The molecule has 0 bridgehead atoms. The van der Waals surface area contributed by atoms with Gasteiger partial charge in [0.25, 0.3) is 9.84 Å². The number of primary sulfonamides is 3. The minimum absolute atomic E-state index is 0.00682. The second-order valence-electron chi connectivity index (χ2n) is 24.1. The summed E-state index contributed by atoms with van der Waals surface area (Å²) >= 11 is 0. The number of aryl methyl sites for hydroxylation is 1. The summed E-state index contributed by atoms with van der Waals surface area (Å²) in [6.07, 6.45) is -2.11. The van der Waals surface area contributed by atoms with E-state index in [1.165, 1.54) is 53.6 Å². The standard InChI is InChI=1S/C23H18F3N3O4S2.C23H18F3N3O3S.C23H21N3O2S/c24-23(25,26)34(30,31)15-8-5-13(6-9-15)17-12-18(17)22-28-19-10-7-14(11-20(19)29-22)16-3-1-2-4-21(16)35(27,32)33;24-23(25,26)32-15-8-5-13(6-9-15)17-12-18(17)22-28-19-10-7-14(11-20(19)29-22)16-3-1-2-4-21(16)33(27,30)31;1-14-6-8-15(9-7-14)18-13-19(18)23-25-20-11-10-16(12-21(20)26-23)17-4-2-3-5-22(17)29(24,27)28/h1-11,17-18H,12H2,(H,28,29)(H2,27,32,33);1-11,17-18H,12H2,(H,28,29)(H2,27,30,31);2-12,18-19H,13H2,1H3,(H,25,26)(H2,24,27,28).